The molecule has 10 heteroatoms. The van der Waals surface area contributed by atoms with Crippen molar-refractivity contribution >= 4 is 22.8 Å². The van der Waals surface area contributed by atoms with Gasteiger partial charge in [0.1, 0.15) is 5.69 Å². The third-order valence-electron chi connectivity index (χ3n) is 6.17. The lowest BCUT2D eigenvalue weighted by Crippen LogP contribution is -2.39. The largest absolute Gasteiger partial charge is 0.301 e. The topological polar surface area (TPSA) is 107 Å². The number of anilines is 1. The molecule has 0 spiro atoms. The normalized spacial score (nSPS) is 15.4. The molecule has 4 heterocycles. The summed E-state index contributed by atoms with van der Waals surface area (Å²) >= 11 is 0. The second-order valence-corrected chi connectivity index (χ2v) is 8.77. The summed E-state index contributed by atoms with van der Waals surface area (Å²) in [5.41, 5.74) is 2.88. The summed E-state index contributed by atoms with van der Waals surface area (Å²) in [6.07, 6.45) is 9.03. The number of carbonyl (C=O) groups is 1. The molecule has 1 amide bonds. The summed E-state index contributed by atoms with van der Waals surface area (Å²) < 4.78 is 3.57. The molecule has 1 saturated heterocycles. The lowest BCUT2D eigenvalue weighted by Gasteiger charge is -2.34. The van der Waals surface area contributed by atoms with Crippen LogP contribution >= 0.6 is 0 Å². The predicted octanol–water partition coefficient (Wildman–Crippen LogP) is 2.92. The first-order chi connectivity index (χ1) is 16.0. The van der Waals surface area contributed by atoms with E-state index in [1.807, 2.05) is 42.3 Å². The number of hydrogen-bond acceptors (Lipinski definition) is 7. The molecule has 0 radical (unpaired) electrons. The van der Waals surface area contributed by atoms with E-state index in [4.69, 9.17) is 0 Å². The Kier molecular flexibility index (Phi) is 5.59. The van der Waals surface area contributed by atoms with E-state index in [0.717, 1.165) is 48.1 Å². The van der Waals surface area contributed by atoms with Gasteiger partial charge in [0.05, 0.1) is 29.5 Å². The molecule has 10 nitrogen and oxygen atoms in total. The minimum absolute atomic E-state index is 0.252. The number of hydrogen-bond donors (Lipinski definition) is 1. The Balaban J connectivity index is 1.29. The van der Waals surface area contributed by atoms with Crippen LogP contribution in [0.5, 0.6) is 0 Å². The second-order valence-electron chi connectivity index (χ2n) is 8.77. The number of benzene rings is 1. The third-order valence-corrected chi connectivity index (χ3v) is 6.17. The first-order valence-electron chi connectivity index (χ1n) is 11.2. The van der Waals surface area contributed by atoms with Crippen LogP contribution in [0.4, 0.5) is 5.95 Å². The fourth-order valence-corrected chi connectivity index (χ4v) is 4.22. The van der Waals surface area contributed by atoms with E-state index in [2.05, 4.69) is 49.4 Å². The maximum Gasteiger partial charge on any atom is 0.261 e. The quantitative estimate of drug-likeness (QED) is 0.503. The fourth-order valence-electron chi connectivity index (χ4n) is 4.22. The minimum atomic E-state index is -0.273. The van der Waals surface area contributed by atoms with E-state index in [-0.39, 0.29) is 11.9 Å². The van der Waals surface area contributed by atoms with Crippen molar-refractivity contribution in [1.29, 1.82) is 0 Å². The molecule has 0 unspecified atom stereocenters. The van der Waals surface area contributed by atoms with Gasteiger partial charge >= 0.3 is 0 Å². The van der Waals surface area contributed by atoms with Gasteiger partial charge < -0.3 is 4.90 Å². The van der Waals surface area contributed by atoms with Gasteiger partial charge in [-0.15, -0.1) is 5.10 Å². The zero-order valence-corrected chi connectivity index (χ0v) is 19.0. The van der Waals surface area contributed by atoms with Crippen LogP contribution in [0, 0.1) is 0 Å². The molecule has 1 aromatic carbocycles. The predicted molar refractivity (Wildman–Crippen MR) is 125 cm³/mol. The Morgan fingerprint density at radius 3 is 2.70 bits per heavy atom. The van der Waals surface area contributed by atoms with Gasteiger partial charge in [0.15, 0.2) is 0 Å². The molecule has 1 aliphatic heterocycles. The Labute approximate surface area is 191 Å². The number of carbonyl (C=O) groups excluding carboxylic acids is 1. The number of fused-ring (bicyclic) bond motifs is 1. The molecule has 4 aromatic rings. The van der Waals surface area contributed by atoms with Crippen LogP contribution in [0.3, 0.4) is 0 Å². The molecule has 0 aliphatic carbocycles. The highest BCUT2D eigenvalue weighted by Crippen LogP contribution is 2.24. The molecule has 1 aliphatic rings. The summed E-state index contributed by atoms with van der Waals surface area (Å²) in [5, 5.41) is 16.2. The van der Waals surface area contributed by atoms with Crippen molar-refractivity contribution in [1.82, 2.24) is 39.6 Å². The van der Waals surface area contributed by atoms with Crippen LogP contribution in [0.2, 0.25) is 0 Å². The summed E-state index contributed by atoms with van der Waals surface area (Å²) in [5.74, 6) is -0.0212. The van der Waals surface area contributed by atoms with Gasteiger partial charge in [-0.1, -0.05) is 17.3 Å². The Morgan fingerprint density at radius 2 is 1.97 bits per heavy atom. The fraction of sp³-hybridized carbons (Fsp3) is 0.391. The number of nitrogens with one attached hydrogen (secondary N) is 1. The van der Waals surface area contributed by atoms with Crippen LogP contribution in [-0.4, -0.2) is 64.7 Å². The van der Waals surface area contributed by atoms with E-state index < -0.39 is 0 Å². The first-order valence-corrected chi connectivity index (χ1v) is 11.2. The zero-order chi connectivity index (χ0) is 22.9. The maximum absolute atomic E-state index is 12.8. The molecule has 0 atom stereocenters. The number of aryl methyl sites for hydroxylation is 1. The Hall–Kier alpha value is -3.66. The standard InChI is InChI=1S/C23H27N9O/c1-15(2)31-8-6-19(7-9-31)32-13-18(12-25-32)22(33)27-23-24-11-17-5-4-16(10-20(17)26-23)21-14-30(3)29-28-21/h4-5,10-15,19H,6-9H2,1-3H3,(H,24,26,27,33). The number of rotatable bonds is 5. The first kappa shape index (κ1) is 21.2. The number of nitrogens with zero attached hydrogens (tertiary/aromatic N) is 8. The van der Waals surface area contributed by atoms with Gasteiger partial charge in [-0.2, -0.15) is 5.10 Å². The van der Waals surface area contributed by atoms with Gasteiger partial charge in [-0.25, -0.2) is 9.97 Å². The Morgan fingerprint density at radius 1 is 1.15 bits per heavy atom. The molecule has 1 fully saturated rings. The molecular weight excluding hydrogens is 418 g/mol. The maximum atomic E-state index is 12.8. The number of likely N-dealkylation sites (tertiary alicyclic amines) is 1. The summed E-state index contributed by atoms with van der Waals surface area (Å²) in [6.45, 7) is 6.54. The van der Waals surface area contributed by atoms with Gasteiger partial charge in [0.2, 0.25) is 5.95 Å². The van der Waals surface area contributed by atoms with Crippen LogP contribution in [0.25, 0.3) is 22.2 Å². The van der Waals surface area contributed by atoms with Crippen molar-refractivity contribution in [2.45, 2.75) is 38.8 Å². The SMILES string of the molecule is CC(C)N1CCC(n2cc(C(=O)Nc3ncc4ccc(-c5cn(C)nn5)cc4n3)cn2)CC1. The van der Waals surface area contributed by atoms with Gasteiger partial charge in [-0.3, -0.25) is 19.5 Å². The number of aromatic nitrogens is 7. The molecule has 3 aromatic heterocycles. The zero-order valence-electron chi connectivity index (χ0n) is 19.0. The molecule has 0 saturated carbocycles. The van der Waals surface area contributed by atoms with Crippen LogP contribution in [-0.2, 0) is 7.05 Å². The van der Waals surface area contributed by atoms with Crippen molar-refractivity contribution < 1.29 is 4.79 Å². The molecule has 33 heavy (non-hydrogen) atoms. The minimum Gasteiger partial charge on any atom is -0.301 e. The second kappa shape index (κ2) is 8.70. The van der Waals surface area contributed by atoms with Crippen LogP contribution in [0.1, 0.15) is 43.1 Å². The average Bonchev–Trinajstić information content (AvgIpc) is 3.48. The van der Waals surface area contributed by atoms with Crippen molar-refractivity contribution in [3.63, 3.8) is 0 Å². The smallest absolute Gasteiger partial charge is 0.261 e. The summed E-state index contributed by atoms with van der Waals surface area (Å²) in [6, 6.07) is 6.67. The molecular formula is C23H27N9O. The van der Waals surface area contributed by atoms with E-state index in [9.17, 15) is 4.79 Å². The molecule has 1 N–H and O–H groups in total. The monoisotopic (exact) mass is 445 g/mol. The third kappa shape index (κ3) is 4.47. The van der Waals surface area contributed by atoms with Gasteiger partial charge in [0, 0.05) is 49.5 Å². The van der Waals surface area contributed by atoms with Crippen molar-refractivity contribution in [2.24, 2.45) is 7.05 Å². The molecule has 5 rings (SSSR count). The average molecular weight is 446 g/mol. The van der Waals surface area contributed by atoms with Crippen LogP contribution < -0.4 is 5.32 Å². The summed E-state index contributed by atoms with van der Waals surface area (Å²) in [4.78, 5) is 24.1. The highest BCUT2D eigenvalue weighted by Gasteiger charge is 2.23. The van der Waals surface area contributed by atoms with E-state index in [1.54, 1.807) is 17.1 Å². The highest BCUT2D eigenvalue weighted by atomic mass is 16.1. The van der Waals surface area contributed by atoms with Crippen molar-refractivity contribution in [3.8, 4) is 11.3 Å². The summed E-state index contributed by atoms with van der Waals surface area (Å²) in [7, 11) is 1.82. The molecule has 0 bridgehead atoms. The lowest BCUT2D eigenvalue weighted by atomic mass is 10.0. The van der Waals surface area contributed by atoms with Gasteiger partial charge in [-0.05, 0) is 32.8 Å². The molecule has 170 valence electrons. The van der Waals surface area contributed by atoms with Crippen LogP contribution in [0.15, 0.2) is 43.0 Å². The van der Waals surface area contributed by atoms with Crippen molar-refractivity contribution in [2.75, 3.05) is 18.4 Å². The number of amides is 1. The van der Waals surface area contributed by atoms with E-state index >= 15 is 0 Å². The Bertz CT molecular complexity index is 1280. The lowest BCUT2D eigenvalue weighted by molar-refractivity contribution is 0.102. The van der Waals surface area contributed by atoms with Crippen molar-refractivity contribution in [3.05, 3.63) is 48.5 Å². The van der Waals surface area contributed by atoms with E-state index in [1.165, 1.54) is 0 Å². The van der Waals surface area contributed by atoms with E-state index in [0.29, 0.717) is 17.6 Å². The number of piperidine rings is 1. The highest BCUT2D eigenvalue weighted by molar-refractivity contribution is 6.03. The van der Waals surface area contributed by atoms with Gasteiger partial charge in [0.25, 0.3) is 5.91 Å².